The Balaban J connectivity index is 1.93. The van der Waals surface area contributed by atoms with E-state index in [0.29, 0.717) is 13.1 Å². The normalized spacial score (nSPS) is 14.5. The zero-order valence-corrected chi connectivity index (χ0v) is 10.4. The molecule has 0 unspecified atom stereocenters. The van der Waals surface area contributed by atoms with Gasteiger partial charge in [-0.15, -0.1) is 0 Å². The Morgan fingerprint density at radius 3 is 2.68 bits per heavy atom. The molecule has 1 heterocycles. The van der Waals surface area contributed by atoms with Crippen LogP contribution >= 0.6 is 0 Å². The SMILES string of the molecule is O=C(NCC(=O)N1CCCC1)c1cc(F)ccc1O. The van der Waals surface area contributed by atoms with E-state index in [0.717, 1.165) is 31.0 Å². The van der Waals surface area contributed by atoms with Crippen molar-refractivity contribution in [3.05, 3.63) is 29.6 Å². The summed E-state index contributed by atoms with van der Waals surface area (Å²) in [6, 6.07) is 3.10. The molecule has 2 N–H and O–H groups in total. The van der Waals surface area contributed by atoms with Crippen LogP contribution in [0.15, 0.2) is 18.2 Å². The van der Waals surface area contributed by atoms with E-state index in [9.17, 15) is 19.1 Å². The average molecular weight is 266 g/mol. The second-order valence-corrected chi connectivity index (χ2v) is 4.43. The maximum atomic E-state index is 13.0. The van der Waals surface area contributed by atoms with Gasteiger partial charge in [0, 0.05) is 13.1 Å². The number of phenolic OH excluding ortho intramolecular Hbond substituents is 1. The van der Waals surface area contributed by atoms with E-state index in [2.05, 4.69) is 5.32 Å². The number of carbonyl (C=O) groups excluding carboxylic acids is 2. The molecule has 0 bridgehead atoms. The Bertz CT molecular complexity index is 499. The molecule has 0 spiro atoms. The number of nitrogens with zero attached hydrogens (tertiary/aromatic N) is 1. The van der Waals surface area contributed by atoms with Crippen molar-refractivity contribution in [2.45, 2.75) is 12.8 Å². The minimum absolute atomic E-state index is 0.144. The van der Waals surface area contributed by atoms with Gasteiger partial charge in [0.2, 0.25) is 5.91 Å². The summed E-state index contributed by atoms with van der Waals surface area (Å²) in [6.07, 6.45) is 1.95. The minimum atomic E-state index is -0.662. The predicted octanol–water partition coefficient (Wildman–Crippen LogP) is 0.883. The van der Waals surface area contributed by atoms with Crippen molar-refractivity contribution in [3.8, 4) is 5.75 Å². The van der Waals surface area contributed by atoms with Gasteiger partial charge < -0.3 is 15.3 Å². The lowest BCUT2D eigenvalue weighted by Gasteiger charge is -2.15. The number of likely N-dealkylation sites (tertiary alicyclic amines) is 1. The smallest absolute Gasteiger partial charge is 0.255 e. The van der Waals surface area contributed by atoms with Crippen molar-refractivity contribution in [2.24, 2.45) is 0 Å². The summed E-state index contributed by atoms with van der Waals surface area (Å²) < 4.78 is 13.0. The van der Waals surface area contributed by atoms with E-state index >= 15 is 0 Å². The van der Waals surface area contributed by atoms with Crippen LogP contribution in [0.3, 0.4) is 0 Å². The zero-order chi connectivity index (χ0) is 13.8. The monoisotopic (exact) mass is 266 g/mol. The number of halogens is 1. The molecule has 0 saturated carbocycles. The van der Waals surface area contributed by atoms with Crippen LogP contribution < -0.4 is 5.32 Å². The molecule has 2 amide bonds. The molecule has 5 nitrogen and oxygen atoms in total. The maximum Gasteiger partial charge on any atom is 0.255 e. The molecule has 0 aromatic heterocycles. The third-order valence-corrected chi connectivity index (χ3v) is 3.06. The molecular formula is C13H15FN2O3. The highest BCUT2D eigenvalue weighted by molar-refractivity contribution is 5.98. The van der Waals surface area contributed by atoms with Gasteiger partial charge in [-0.2, -0.15) is 0 Å². The number of hydrogen-bond acceptors (Lipinski definition) is 3. The first-order chi connectivity index (χ1) is 9.08. The Labute approximate surface area is 110 Å². The quantitative estimate of drug-likeness (QED) is 0.853. The van der Waals surface area contributed by atoms with E-state index in [-0.39, 0.29) is 23.8 Å². The largest absolute Gasteiger partial charge is 0.507 e. The fourth-order valence-corrected chi connectivity index (χ4v) is 2.02. The molecule has 0 atom stereocenters. The van der Waals surface area contributed by atoms with Gasteiger partial charge in [-0.25, -0.2) is 4.39 Å². The number of hydrogen-bond donors (Lipinski definition) is 2. The van der Waals surface area contributed by atoms with Crippen molar-refractivity contribution in [1.29, 1.82) is 0 Å². The third kappa shape index (κ3) is 3.21. The molecule has 0 aliphatic carbocycles. The Hall–Kier alpha value is -2.11. The van der Waals surface area contributed by atoms with Gasteiger partial charge in [0.05, 0.1) is 12.1 Å². The van der Waals surface area contributed by atoms with Crippen molar-refractivity contribution in [2.75, 3.05) is 19.6 Å². The van der Waals surface area contributed by atoms with Crippen LogP contribution in [0.5, 0.6) is 5.75 Å². The van der Waals surface area contributed by atoms with Crippen molar-refractivity contribution in [1.82, 2.24) is 10.2 Å². The first-order valence-electron chi connectivity index (χ1n) is 6.12. The summed E-state index contributed by atoms with van der Waals surface area (Å²) in [5.74, 6) is -1.76. The van der Waals surface area contributed by atoms with Crippen LogP contribution in [0.4, 0.5) is 4.39 Å². The third-order valence-electron chi connectivity index (χ3n) is 3.06. The van der Waals surface area contributed by atoms with Gasteiger partial charge in [-0.05, 0) is 31.0 Å². The average Bonchev–Trinajstić information content (AvgIpc) is 2.92. The maximum absolute atomic E-state index is 13.0. The number of nitrogens with one attached hydrogen (secondary N) is 1. The molecule has 1 aliphatic rings. The van der Waals surface area contributed by atoms with Gasteiger partial charge in [0.15, 0.2) is 0 Å². The highest BCUT2D eigenvalue weighted by Gasteiger charge is 2.19. The number of rotatable bonds is 3. The Morgan fingerprint density at radius 1 is 1.32 bits per heavy atom. The van der Waals surface area contributed by atoms with Crippen LogP contribution in [0.1, 0.15) is 23.2 Å². The predicted molar refractivity (Wildman–Crippen MR) is 66.2 cm³/mol. The van der Waals surface area contributed by atoms with E-state index in [1.165, 1.54) is 0 Å². The topological polar surface area (TPSA) is 69.6 Å². The number of carbonyl (C=O) groups is 2. The molecule has 2 rings (SSSR count). The molecule has 1 aromatic rings. The molecule has 1 saturated heterocycles. The minimum Gasteiger partial charge on any atom is -0.507 e. The summed E-state index contributed by atoms with van der Waals surface area (Å²) in [5.41, 5.74) is -0.172. The standard InChI is InChI=1S/C13H15FN2O3/c14-9-3-4-11(17)10(7-9)13(19)15-8-12(18)16-5-1-2-6-16/h3-4,7,17H,1-2,5-6,8H2,(H,15,19). The van der Waals surface area contributed by atoms with E-state index in [1.807, 2.05) is 0 Å². The number of phenols is 1. The zero-order valence-electron chi connectivity index (χ0n) is 10.4. The van der Waals surface area contributed by atoms with E-state index in [4.69, 9.17) is 0 Å². The van der Waals surface area contributed by atoms with Gasteiger partial charge >= 0.3 is 0 Å². The summed E-state index contributed by atoms with van der Waals surface area (Å²) in [4.78, 5) is 25.1. The lowest BCUT2D eigenvalue weighted by atomic mass is 10.2. The highest BCUT2D eigenvalue weighted by Crippen LogP contribution is 2.17. The lowest BCUT2D eigenvalue weighted by molar-refractivity contribution is -0.129. The molecule has 1 aliphatic heterocycles. The van der Waals surface area contributed by atoms with Crippen LogP contribution in [-0.4, -0.2) is 41.5 Å². The van der Waals surface area contributed by atoms with Gasteiger partial charge in [-0.3, -0.25) is 9.59 Å². The van der Waals surface area contributed by atoms with E-state index in [1.54, 1.807) is 4.90 Å². The van der Waals surface area contributed by atoms with Crippen LogP contribution in [-0.2, 0) is 4.79 Å². The Kier molecular flexibility index (Phi) is 3.99. The molecule has 19 heavy (non-hydrogen) atoms. The fourth-order valence-electron chi connectivity index (χ4n) is 2.02. The highest BCUT2D eigenvalue weighted by atomic mass is 19.1. The van der Waals surface area contributed by atoms with Gasteiger partial charge in [0.1, 0.15) is 11.6 Å². The van der Waals surface area contributed by atoms with Gasteiger partial charge in [-0.1, -0.05) is 0 Å². The van der Waals surface area contributed by atoms with Gasteiger partial charge in [0.25, 0.3) is 5.91 Å². The molecule has 1 aromatic carbocycles. The first kappa shape index (κ1) is 13.3. The summed E-state index contributed by atoms with van der Waals surface area (Å²) in [5, 5.41) is 11.8. The van der Waals surface area contributed by atoms with Crippen molar-refractivity contribution >= 4 is 11.8 Å². The summed E-state index contributed by atoms with van der Waals surface area (Å²) in [7, 11) is 0. The second kappa shape index (κ2) is 5.69. The summed E-state index contributed by atoms with van der Waals surface area (Å²) >= 11 is 0. The molecule has 1 fully saturated rings. The molecule has 6 heteroatoms. The second-order valence-electron chi connectivity index (χ2n) is 4.43. The molecule has 0 radical (unpaired) electrons. The van der Waals surface area contributed by atoms with Crippen molar-refractivity contribution in [3.63, 3.8) is 0 Å². The fraction of sp³-hybridized carbons (Fsp3) is 0.385. The lowest BCUT2D eigenvalue weighted by Crippen LogP contribution is -2.38. The van der Waals surface area contributed by atoms with Crippen LogP contribution in [0.2, 0.25) is 0 Å². The van der Waals surface area contributed by atoms with E-state index < -0.39 is 11.7 Å². The number of aromatic hydroxyl groups is 1. The van der Waals surface area contributed by atoms with Crippen LogP contribution in [0.25, 0.3) is 0 Å². The summed E-state index contributed by atoms with van der Waals surface area (Å²) in [6.45, 7) is 1.27. The molecular weight excluding hydrogens is 251 g/mol. The first-order valence-corrected chi connectivity index (χ1v) is 6.12. The van der Waals surface area contributed by atoms with Crippen molar-refractivity contribution < 1.29 is 19.1 Å². The Morgan fingerprint density at radius 2 is 2.00 bits per heavy atom. The van der Waals surface area contributed by atoms with Crippen LogP contribution in [0, 0.1) is 5.82 Å². The number of amides is 2. The molecule has 102 valence electrons. The number of benzene rings is 1.